The number of amides is 1. The Balaban J connectivity index is 1.40. The minimum Gasteiger partial charge on any atom is -0.454 e. The molecule has 0 unspecified atom stereocenters. The number of ether oxygens (including phenoxy) is 2. The number of carbonyl (C=O) groups excluding carboxylic acids is 1. The maximum atomic E-state index is 13.0. The summed E-state index contributed by atoms with van der Waals surface area (Å²) in [6, 6.07) is 5.35. The van der Waals surface area contributed by atoms with Crippen LogP contribution in [-0.4, -0.2) is 92.0 Å². The summed E-state index contributed by atoms with van der Waals surface area (Å²) in [7, 11) is 2.17. The zero-order chi connectivity index (χ0) is 18.8. The van der Waals surface area contributed by atoms with Crippen LogP contribution < -0.4 is 9.47 Å². The summed E-state index contributed by atoms with van der Waals surface area (Å²) < 4.78 is 10.7. The quantitative estimate of drug-likeness (QED) is 0.837. The predicted molar refractivity (Wildman–Crippen MR) is 101 cm³/mol. The molecule has 1 amide bonds. The third-order valence-corrected chi connectivity index (χ3v) is 6.02. The fourth-order valence-corrected chi connectivity index (χ4v) is 4.34. The van der Waals surface area contributed by atoms with Gasteiger partial charge in [0.05, 0.1) is 0 Å². The lowest BCUT2D eigenvalue weighted by atomic mass is 9.96. The van der Waals surface area contributed by atoms with E-state index >= 15 is 0 Å². The lowest BCUT2D eigenvalue weighted by Crippen LogP contribution is -2.36. The molecule has 0 aliphatic carbocycles. The summed E-state index contributed by atoms with van der Waals surface area (Å²) in [4.78, 5) is 19.7. The highest BCUT2D eigenvalue weighted by molar-refractivity contribution is 5.95. The number of nitrogens with zero attached hydrogens (tertiary/aromatic N) is 3. The van der Waals surface area contributed by atoms with Crippen LogP contribution in [0.2, 0.25) is 0 Å². The molecule has 0 spiro atoms. The van der Waals surface area contributed by atoms with Crippen LogP contribution in [0.4, 0.5) is 0 Å². The molecule has 2 saturated heterocycles. The Kier molecular flexibility index (Phi) is 5.52. The van der Waals surface area contributed by atoms with Crippen LogP contribution >= 0.6 is 0 Å². The fraction of sp³-hybridized carbons (Fsp3) is 0.650. The third kappa shape index (κ3) is 4.05. The lowest BCUT2D eigenvalue weighted by Gasteiger charge is -2.26. The van der Waals surface area contributed by atoms with E-state index in [1.807, 2.05) is 4.90 Å². The molecule has 1 aromatic carbocycles. The molecule has 27 heavy (non-hydrogen) atoms. The van der Waals surface area contributed by atoms with Gasteiger partial charge in [-0.2, -0.15) is 0 Å². The van der Waals surface area contributed by atoms with Gasteiger partial charge in [0.15, 0.2) is 11.5 Å². The number of hydrogen-bond donors (Lipinski definition) is 1. The summed E-state index contributed by atoms with van der Waals surface area (Å²) in [5.74, 6) is 1.78. The largest absolute Gasteiger partial charge is 0.454 e. The van der Waals surface area contributed by atoms with Gasteiger partial charge in [-0.3, -0.25) is 4.79 Å². The second kappa shape index (κ2) is 8.04. The van der Waals surface area contributed by atoms with E-state index < -0.39 is 0 Å². The summed E-state index contributed by atoms with van der Waals surface area (Å²) in [6.07, 6.45) is 1.17. The Labute approximate surface area is 160 Å². The number of carbonyl (C=O) groups is 1. The first-order valence-electron chi connectivity index (χ1n) is 9.84. The average molecular weight is 375 g/mol. The summed E-state index contributed by atoms with van der Waals surface area (Å²) in [6.45, 7) is 6.96. The number of rotatable bonds is 4. The number of hydrogen-bond acceptors (Lipinski definition) is 6. The number of aliphatic hydroxyl groups excluding tert-OH is 1. The molecule has 7 nitrogen and oxygen atoms in total. The van der Waals surface area contributed by atoms with Crippen molar-refractivity contribution in [3.8, 4) is 11.5 Å². The van der Waals surface area contributed by atoms with Crippen molar-refractivity contribution < 1.29 is 19.4 Å². The van der Waals surface area contributed by atoms with Gasteiger partial charge in [-0.1, -0.05) is 0 Å². The van der Waals surface area contributed by atoms with E-state index in [9.17, 15) is 9.90 Å². The fourth-order valence-electron chi connectivity index (χ4n) is 4.34. The van der Waals surface area contributed by atoms with Crippen LogP contribution in [-0.2, 0) is 0 Å². The van der Waals surface area contributed by atoms with Crippen LogP contribution in [0.25, 0.3) is 0 Å². The van der Waals surface area contributed by atoms with Gasteiger partial charge in [0.25, 0.3) is 5.91 Å². The SMILES string of the molecule is CN1CCCN(C[C@@H]2CN(C(=O)c3ccc4c(c3)OCO4)C[C@@H]2CO)CC1. The molecule has 0 radical (unpaired) electrons. The monoisotopic (exact) mass is 375 g/mol. The molecule has 0 aromatic heterocycles. The van der Waals surface area contributed by atoms with Gasteiger partial charge in [0.1, 0.15) is 0 Å². The summed E-state index contributed by atoms with van der Waals surface area (Å²) in [5, 5.41) is 9.86. The van der Waals surface area contributed by atoms with Gasteiger partial charge in [-0.15, -0.1) is 0 Å². The minimum atomic E-state index is 0.00449. The molecule has 1 aromatic rings. The average Bonchev–Trinajstić information content (AvgIpc) is 3.25. The van der Waals surface area contributed by atoms with E-state index in [-0.39, 0.29) is 25.2 Å². The van der Waals surface area contributed by atoms with E-state index in [2.05, 4.69) is 16.8 Å². The Bertz CT molecular complexity index is 683. The standard InChI is InChI=1S/C20H29N3O4/c1-21-5-2-6-22(8-7-21)10-16-11-23(12-17(16)13-24)20(25)15-3-4-18-19(9-15)27-14-26-18/h3-4,9,16-17,24H,2,5-8,10-14H2,1H3/t16-,17-/m1/s1. The Hall–Kier alpha value is -1.83. The van der Waals surface area contributed by atoms with E-state index in [1.54, 1.807) is 18.2 Å². The van der Waals surface area contributed by atoms with Gasteiger partial charge in [-0.05, 0) is 50.7 Å². The van der Waals surface area contributed by atoms with Crippen molar-refractivity contribution in [3.63, 3.8) is 0 Å². The number of aliphatic hydroxyl groups is 1. The lowest BCUT2D eigenvalue weighted by molar-refractivity contribution is 0.0778. The highest BCUT2D eigenvalue weighted by Gasteiger charge is 2.36. The van der Waals surface area contributed by atoms with Crippen LogP contribution in [0.1, 0.15) is 16.8 Å². The summed E-state index contributed by atoms with van der Waals surface area (Å²) in [5.41, 5.74) is 0.619. The number of fused-ring (bicyclic) bond motifs is 1. The third-order valence-electron chi connectivity index (χ3n) is 6.02. The maximum Gasteiger partial charge on any atom is 0.254 e. The second-order valence-electron chi connectivity index (χ2n) is 7.94. The zero-order valence-corrected chi connectivity index (χ0v) is 16.0. The summed E-state index contributed by atoms with van der Waals surface area (Å²) >= 11 is 0. The highest BCUT2D eigenvalue weighted by atomic mass is 16.7. The first-order valence-corrected chi connectivity index (χ1v) is 9.84. The molecule has 0 bridgehead atoms. The molecule has 4 rings (SSSR count). The van der Waals surface area contributed by atoms with Crippen LogP contribution in [0.5, 0.6) is 11.5 Å². The van der Waals surface area contributed by atoms with Crippen molar-refractivity contribution in [1.82, 2.24) is 14.7 Å². The van der Waals surface area contributed by atoms with Crippen molar-refractivity contribution in [2.45, 2.75) is 6.42 Å². The molecule has 1 N–H and O–H groups in total. The Morgan fingerprint density at radius 3 is 2.78 bits per heavy atom. The van der Waals surface area contributed by atoms with E-state index in [1.165, 1.54) is 6.42 Å². The van der Waals surface area contributed by atoms with Crippen LogP contribution in [0.3, 0.4) is 0 Å². The van der Waals surface area contributed by atoms with Gasteiger partial charge in [0, 0.05) is 50.8 Å². The van der Waals surface area contributed by atoms with Gasteiger partial charge < -0.3 is 29.3 Å². The first kappa shape index (κ1) is 18.5. The second-order valence-corrected chi connectivity index (χ2v) is 7.94. The Morgan fingerprint density at radius 2 is 1.93 bits per heavy atom. The highest BCUT2D eigenvalue weighted by Crippen LogP contribution is 2.34. The number of benzene rings is 1. The molecular weight excluding hydrogens is 346 g/mol. The first-order chi connectivity index (χ1) is 13.1. The minimum absolute atomic E-state index is 0.00449. The van der Waals surface area contributed by atoms with E-state index in [4.69, 9.17) is 9.47 Å². The molecule has 0 saturated carbocycles. The normalized spacial score (nSPS) is 26.4. The van der Waals surface area contributed by atoms with Crippen molar-refractivity contribution in [2.75, 3.05) is 66.3 Å². The van der Waals surface area contributed by atoms with Gasteiger partial charge >= 0.3 is 0 Å². The molecule has 2 atom stereocenters. The van der Waals surface area contributed by atoms with Crippen molar-refractivity contribution in [3.05, 3.63) is 23.8 Å². The maximum absolute atomic E-state index is 13.0. The number of likely N-dealkylation sites (tertiary alicyclic amines) is 1. The van der Waals surface area contributed by atoms with Crippen LogP contribution in [0, 0.1) is 11.8 Å². The van der Waals surface area contributed by atoms with Crippen molar-refractivity contribution in [1.29, 1.82) is 0 Å². The van der Waals surface area contributed by atoms with Crippen molar-refractivity contribution in [2.24, 2.45) is 11.8 Å². The zero-order valence-electron chi connectivity index (χ0n) is 16.0. The molecule has 3 aliphatic rings. The number of likely N-dealkylation sites (N-methyl/N-ethyl adjacent to an activating group) is 1. The molecule has 7 heteroatoms. The molecule has 2 fully saturated rings. The van der Waals surface area contributed by atoms with Crippen molar-refractivity contribution >= 4 is 5.91 Å². The smallest absolute Gasteiger partial charge is 0.254 e. The topological polar surface area (TPSA) is 65.5 Å². The van der Waals surface area contributed by atoms with E-state index in [0.29, 0.717) is 36.1 Å². The predicted octanol–water partition coefficient (Wildman–Crippen LogP) is 0.733. The molecule has 3 heterocycles. The van der Waals surface area contributed by atoms with Gasteiger partial charge in [0.2, 0.25) is 6.79 Å². The van der Waals surface area contributed by atoms with Gasteiger partial charge in [-0.25, -0.2) is 0 Å². The molecule has 148 valence electrons. The van der Waals surface area contributed by atoms with E-state index in [0.717, 1.165) is 32.7 Å². The molecule has 3 aliphatic heterocycles. The molecular formula is C20H29N3O4. The van der Waals surface area contributed by atoms with Crippen LogP contribution in [0.15, 0.2) is 18.2 Å². The Morgan fingerprint density at radius 1 is 1.11 bits per heavy atom.